The summed E-state index contributed by atoms with van der Waals surface area (Å²) in [6, 6.07) is 17.4. The SMILES string of the molecule is CC1=NN(c2ccccc2)C(=O)C1=Cc1cn(CC(O)CNCCS)c2ccccc12. The highest BCUT2D eigenvalue weighted by Crippen LogP contribution is 2.28. The average molecular weight is 435 g/mol. The van der Waals surface area contributed by atoms with Crippen molar-refractivity contribution < 1.29 is 9.90 Å². The molecule has 0 saturated carbocycles. The average Bonchev–Trinajstić information content (AvgIpc) is 3.27. The molecule has 2 N–H and O–H groups in total. The second-order valence-electron chi connectivity index (χ2n) is 7.53. The Morgan fingerprint density at radius 1 is 1.16 bits per heavy atom. The van der Waals surface area contributed by atoms with Crippen LogP contribution in [0.25, 0.3) is 17.0 Å². The maximum atomic E-state index is 13.1. The summed E-state index contributed by atoms with van der Waals surface area (Å²) in [6.07, 6.45) is 3.36. The third-order valence-electron chi connectivity index (χ3n) is 5.26. The van der Waals surface area contributed by atoms with Gasteiger partial charge < -0.3 is 15.0 Å². The summed E-state index contributed by atoms with van der Waals surface area (Å²) < 4.78 is 2.04. The van der Waals surface area contributed by atoms with Gasteiger partial charge in [0.15, 0.2) is 0 Å². The van der Waals surface area contributed by atoms with E-state index in [1.165, 1.54) is 5.01 Å². The van der Waals surface area contributed by atoms with Crippen LogP contribution in [0.2, 0.25) is 0 Å². The molecule has 0 radical (unpaired) electrons. The number of fused-ring (bicyclic) bond motifs is 1. The van der Waals surface area contributed by atoms with Gasteiger partial charge in [-0.15, -0.1) is 0 Å². The Morgan fingerprint density at radius 3 is 2.68 bits per heavy atom. The first-order valence-corrected chi connectivity index (χ1v) is 11.0. The summed E-state index contributed by atoms with van der Waals surface area (Å²) in [4.78, 5) is 13.1. The number of aliphatic hydroxyl groups is 1. The summed E-state index contributed by atoms with van der Waals surface area (Å²) in [6.45, 7) is 3.56. The van der Waals surface area contributed by atoms with Gasteiger partial charge in [0, 0.05) is 48.1 Å². The van der Waals surface area contributed by atoms with Gasteiger partial charge in [-0.25, -0.2) is 0 Å². The van der Waals surface area contributed by atoms with E-state index in [0.717, 1.165) is 34.5 Å². The molecule has 1 amide bonds. The number of aliphatic hydroxyl groups excluding tert-OH is 1. The molecule has 6 nitrogen and oxygen atoms in total. The van der Waals surface area contributed by atoms with E-state index in [2.05, 4.69) is 23.0 Å². The zero-order valence-electron chi connectivity index (χ0n) is 17.4. The quantitative estimate of drug-likeness (QED) is 0.289. The summed E-state index contributed by atoms with van der Waals surface area (Å²) in [5, 5.41) is 20.5. The third-order valence-corrected chi connectivity index (χ3v) is 5.48. The van der Waals surface area contributed by atoms with Gasteiger partial charge in [-0.3, -0.25) is 4.79 Å². The van der Waals surface area contributed by atoms with Crippen molar-refractivity contribution in [2.45, 2.75) is 19.6 Å². The van der Waals surface area contributed by atoms with Crippen LogP contribution in [0.15, 0.2) is 71.5 Å². The van der Waals surface area contributed by atoms with Crippen LogP contribution in [0, 0.1) is 0 Å². The van der Waals surface area contributed by atoms with Crippen LogP contribution >= 0.6 is 12.6 Å². The highest BCUT2D eigenvalue weighted by molar-refractivity contribution is 7.80. The lowest BCUT2D eigenvalue weighted by molar-refractivity contribution is -0.114. The molecule has 0 aliphatic carbocycles. The first-order valence-electron chi connectivity index (χ1n) is 10.3. The normalized spacial score (nSPS) is 16.4. The monoisotopic (exact) mass is 434 g/mol. The molecule has 0 fully saturated rings. The Balaban J connectivity index is 1.63. The second kappa shape index (κ2) is 9.51. The first-order chi connectivity index (χ1) is 15.1. The zero-order chi connectivity index (χ0) is 21.8. The molecule has 3 aromatic rings. The van der Waals surface area contributed by atoms with Crippen molar-refractivity contribution in [2.75, 3.05) is 23.9 Å². The molecule has 4 rings (SSSR count). The molecule has 0 bridgehead atoms. The van der Waals surface area contributed by atoms with E-state index in [0.29, 0.717) is 24.4 Å². The Hall–Kier alpha value is -2.87. The minimum absolute atomic E-state index is 0.142. The van der Waals surface area contributed by atoms with Gasteiger partial charge in [-0.1, -0.05) is 36.4 Å². The lowest BCUT2D eigenvalue weighted by Gasteiger charge is -2.13. The maximum absolute atomic E-state index is 13.1. The largest absolute Gasteiger partial charge is 0.390 e. The van der Waals surface area contributed by atoms with Crippen molar-refractivity contribution in [3.05, 3.63) is 71.9 Å². The fraction of sp³-hybridized carbons (Fsp3) is 0.250. The minimum atomic E-state index is -0.527. The van der Waals surface area contributed by atoms with E-state index in [-0.39, 0.29) is 5.91 Å². The van der Waals surface area contributed by atoms with Crippen molar-refractivity contribution in [2.24, 2.45) is 5.10 Å². The number of carbonyl (C=O) groups is 1. The fourth-order valence-corrected chi connectivity index (χ4v) is 3.92. The number of hydrogen-bond donors (Lipinski definition) is 3. The van der Waals surface area contributed by atoms with Crippen molar-refractivity contribution in [1.82, 2.24) is 9.88 Å². The van der Waals surface area contributed by atoms with Crippen LogP contribution < -0.4 is 10.3 Å². The standard InChI is InChI=1S/C24H26N4O2S/c1-17-22(24(30)28(26-17)19-7-3-2-4-8-19)13-18-15-27(16-20(29)14-25-11-12-31)23-10-6-5-9-21(18)23/h2-10,13,15,20,25,29,31H,11-12,14,16H2,1H3. The number of nitrogens with one attached hydrogen (secondary N) is 1. The van der Waals surface area contributed by atoms with Gasteiger partial charge in [0.2, 0.25) is 0 Å². The first kappa shape index (κ1) is 21.4. The van der Waals surface area contributed by atoms with E-state index in [9.17, 15) is 9.90 Å². The molecule has 160 valence electrons. The predicted octanol–water partition coefficient (Wildman–Crippen LogP) is 3.33. The van der Waals surface area contributed by atoms with Crippen LogP contribution in [0.3, 0.4) is 0 Å². The van der Waals surface area contributed by atoms with Crippen LogP contribution in [-0.2, 0) is 11.3 Å². The number of hydrogen-bond acceptors (Lipinski definition) is 5. The van der Waals surface area contributed by atoms with Crippen LogP contribution in [0.4, 0.5) is 5.69 Å². The molecular formula is C24H26N4O2S. The molecule has 0 saturated heterocycles. The molecule has 1 aliphatic rings. The van der Waals surface area contributed by atoms with E-state index < -0.39 is 6.10 Å². The van der Waals surface area contributed by atoms with Gasteiger partial charge in [-0.05, 0) is 31.2 Å². The van der Waals surface area contributed by atoms with Gasteiger partial charge in [-0.2, -0.15) is 22.7 Å². The molecular weight excluding hydrogens is 408 g/mol. The number of anilines is 1. The fourth-order valence-electron chi connectivity index (χ4n) is 3.76. The topological polar surface area (TPSA) is 69.9 Å². The highest BCUT2D eigenvalue weighted by Gasteiger charge is 2.29. The number of amides is 1. The van der Waals surface area contributed by atoms with Gasteiger partial charge in [0.1, 0.15) is 0 Å². The number of para-hydroxylation sites is 2. The molecule has 7 heteroatoms. The van der Waals surface area contributed by atoms with Crippen LogP contribution in [0.1, 0.15) is 12.5 Å². The number of nitrogens with zero attached hydrogens (tertiary/aromatic N) is 3. The lowest BCUT2D eigenvalue weighted by atomic mass is 10.1. The van der Waals surface area contributed by atoms with E-state index in [1.54, 1.807) is 0 Å². The predicted molar refractivity (Wildman–Crippen MR) is 130 cm³/mol. The molecule has 2 heterocycles. The number of carbonyl (C=O) groups excluding carboxylic acids is 1. The summed E-state index contributed by atoms with van der Waals surface area (Å²) in [5.41, 5.74) is 3.94. The lowest BCUT2D eigenvalue weighted by Crippen LogP contribution is -2.31. The van der Waals surface area contributed by atoms with Crippen molar-refractivity contribution >= 4 is 46.9 Å². The molecule has 1 aliphatic heterocycles. The number of rotatable bonds is 8. The van der Waals surface area contributed by atoms with Crippen molar-refractivity contribution in [3.63, 3.8) is 0 Å². The Morgan fingerprint density at radius 2 is 1.90 bits per heavy atom. The summed E-state index contributed by atoms with van der Waals surface area (Å²) in [7, 11) is 0. The number of aromatic nitrogens is 1. The molecule has 1 aromatic heterocycles. The van der Waals surface area contributed by atoms with Crippen molar-refractivity contribution in [3.8, 4) is 0 Å². The number of hydrazone groups is 1. The number of benzene rings is 2. The zero-order valence-corrected chi connectivity index (χ0v) is 18.3. The molecule has 1 atom stereocenters. The van der Waals surface area contributed by atoms with Gasteiger partial charge in [0.05, 0.1) is 23.1 Å². The third kappa shape index (κ3) is 4.58. The summed E-state index contributed by atoms with van der Waals surface area (Å²) in [5.74, 6) is 0.586. The molecule has 2 aromatic carbocycles. The Labute approximate surface area is 187 Å². The molecule has 1 unspecified atom stereocenters. The smallest absolute Gasteiger partial charge is 0.280 e. The number of thiol groups is 1. The van der Waals surface area contributed by atoms with Gasteiger partial charge in [0.25, 0.3) is 5.91 Å². The van der Waals surface area contributed by atoms with E-state index >= 15 is 0 Å². The molecule has 31 heavy (non-hydrogen) atoms. The Bertz CT molecular complexity index is 1140. The molecule has 0 spiro atoms. The van der Waals surface area contributed by atoms with E-state index in [4.69, 9.17) is 0 Å². The second-order valence-corrected chi connectivity index (χ2v) is 7.98. The van der Waals surface area contributed by atoms with E-state index in [1.807, 2.05) is 78.4 Å². The maximum Gasteiger partial charge on any atom is 0.280 e. The van der Waals surface area contributed by atoms with Gasteiger partial charge >= 0.3 is 0 Å². The Kier molecular flexibility index (Phi) is 6.56. The van der Waals surface area contributed by atoms with Crippen LogP contribution in [0.5, 0.6) is 0 Å². The van der Waals surface area contributed by atoms with Crippen LogP contribution in [-0.4, -0.2) is 46.2 Å². The summed E-state index contributed by atoms with van der Waals surface area (Å²) >= 11 is 4.18. The highest BCUT2D eigenvalue weighted by atomic mass is 32.1. The minimum Gasteiger partial charge on any atom is -0.390 e. The van der Waals surface area contributed by atoms with Crippen molar-refractivity contribution in [1.29, 1.82) is 0 Å².